The van der Waals surface area contributed by atoms with Crippen molar-refractivity contribution >= 4 is 0 Å². The monoisotopic (exact) mass is 232 g/mol. The summed E-state index contributed by atoms with van der Waals surface area (Å²) in [5.41, 5.74) is 11.8. The Kier molecular flexibility index (Phi) is 3.85. The third-order valence-corrected chi connectivity index (χ3v) is 4.24. The SMILES string of the molecule is Cc1ccc(C(N)C2CCCCN2)c(C)c1C. The highest BCUT2D eigenvalue weighted by atomic mass is 15.0. The molecule has 2 nitrogen and oxygen atoms in total. The molecular weight excluding hydrogens is 208 g/mol. The van der Waals surface area contributed by atoms with Crippen LogP contribution in [0.15, 0.2) is 12.1 Å². The van der Waals surface area contributed by atoms with Gasteiger partial charge < -0.3 is 11.1 Å². The van der Waals surface area contributed by atoms with Crippen LogP contribution in [0.4, 0.5) is 0 Å². The molecule has 1 saturated heterocycles. The quantitative estimate of drug-likeness (QED) is 0.823. The highest BCUT2D eigenvalue weighted by Gasteiger charge is 2.22. The molecule has 0 radical (unpaired) electrons. The zero-order valence-corrected chi connectivity index (χ0v) is 11.2. The highest BCUT2D eigenvalue weighted by molar-refractivity contribution is 5.40. The lowest BCUT2D eigenvalue weighted by atomic mass is 9.88. The van der Waals surface area contributed by atoms with Gasteiger partial charge in [0.1, 0.15) is 0 Å². The summed E-state index contributed by atoms with van der Waals surface area (Å²) in [6, 6.07) is 4.98. The van der Waals surface area contributed by atoms with Gasteiger partial charge in [-0.25, -0.2) is 0 Å². The first-order chi connectivity index (χ1) is 8.11. The van der Waals surface area contributed by atoms with Crippen LogP contribution in [-0.4, -0.2) is 12.6 Å². The maximum absolute atomic E-state index is 6.43. The Labute approximate surface area is 105 Å². The summed E-state index contributed by atoms with van der Waals surface area (Å²) >= 11 is 0. The summed E-state index contributed by atoms with van der Waals surface area (Å²) in [6.07, 6.45) is 3.79. The number of rotatable bonds is 2. The first-order valence-corrected chi connectivity index (χ1v) is 6.67. The van der Waals surface area contributed by atoms with Crippen molar-refractivity contribution in [3.8, 4) is 0 Å². The van der Waals surface area contributed by atoms with Crippen LogP contribution in [0.3, 0.4) is 0 Å². The lowest BCUT2D eigenvalue weighted by Crippen LogP contribution is -2.42. The molecular formula is C15H24N2. The van der Waals surface area contributed by atoms with Gasteiger partial charge in [0.05, 0.1) is 0 Å². The average Bonchev–Trinajstić information content (AvgIpc) is 2.36. The number of hydrogen-bond donors (Lipinski definition) is 2. The molecule has 1 aliphatic heterocycles. The van der Waals surface area contributed by atoms with E-state index >= 15 is 0 Å². The largest absolute Gasteiger partial charge is 0.323 e. The van der Waals surface area contributed by atoms with Gasteiger partial charge >= 0.3 is 0 Å². The summed E-state index contributed by atoms with van der Waals surface area (Å²) in [5, 5.41) is 3.55. The van der Waals surface area contributed by atoms with Crippen LogP contribution in [0.1, 0.15) is 47.6 Å². The Morgan fingerprint density at radius 3 is 2.59 bits per heavy atom. The van der Waals surface area contributed by atoms with E-state index in [1.807, 2.05) is 0 Å². The van der Waals surface area contributed by atoms with Gasteiger partial charge in [-0.05, 0) is 62.4 Å². The minimum atomic E-state index is 0.134. The second-order valence-electron chi connectivity index (χ2n) is 5.30. The second kappa shape index (κ2) is 5.19. The molecule has 0 amide bonds. The van der Waals surface area contributed by atoms with E-state index in [4.69, 9.17) is 5.73 Å². The molecule has 2 atom stereocenters. The van der Waals surface area contributed by atoms with Gasteiger partial charge in [0.25, 0.3) is 0 Å². The Bertz CT molecular complexity index is 392. The molecule has 1 fully saturated rings. The van der Waals surface area contributed by atoms with Crippen LogP contribution in [0.2, 0.25) is 0 Å². The van der Waals surface area contributed by atoms with Crippen LogP contribution in [0.25, 0.3) is 0 Å². The van der Waals surface area contributed by atoms with Gasteiger partial charge in [0, 0.05) is 12.1 Å². The van der Waals surface area contributed by atoms with Crippen LogP contribution >= 0.6 is 0 Å². The van der Waals surface area contributed by atoms with E-state index in [0.717, 1.165) is 6.54 Å². The van der Waals surface area contributed by atoms with E-state index in [0.29, 0.717) is 6.04 Å². The molecule has 1 aliphatic rings. The van der Waals surface area contributed by atoms with Crippen molar-refractivity contribution in [1.29, 1.82) is 0 Å². The molecule has 1 aromatic carbocycles. The predicted molar refractivity (Wildman–Crippen MR) is 73.2 cm³/mol. The van der Waals surface area contributed by atoms with Gasteiger partial charge in [-0.1, -0.05) is 18.6 Å². The predicted octanol–water partition coefficient (Wildman–Crippen LogP) is 2.75. The summed E-state index contributed by atoms with van der Waals surface area (Å²) in [6.45, 7) is 7.66. The topological polar surface area (TPSA) is 38.0 Å². The number of nitrogens with two attached hydrogens (primary N) is 1. The number of piperidine rings is 1. The fourth-order valence-electron chi connectivity index (χ4n) is 2.74. The lowest BCUT2D eigenvalue weighted by molar-refractivity contribution is 0.353. The van der Waals surface area contributed by atoms with Gasteiger partial charge in [0.15, 0.2) is 0 Å². The van der Waals surface area contributed by atoms with E-state index in [1.165, 1.54) is 41.5 Å². The van der Waals surface area contributed by atoms with Crippen LogP contribution < -0.4 is 11.1 Å². The third-order valence-electron chi connectivity index (χ3n) is 4.24. The van der Waals surface area contributed by atoms with Crippen molar-refractivity contribution in [2.45, 2.75) is 52.1 Å². The van der Waals surface area contributed by atoms with Gasteiger partial charge in [-0.2, -0.15) is 0 Å². The van der Waals surface area contributed by atoms with Crippen molar-refractivity contribution in [2.24, 2.45) is 5.73 Å². The van der Waals surface area contributed by atoms with E-state index < -0.39 is 0 Å². The van der Waals surface area contributed by atoms with Crippen LogP contribution in [-0.2, 0) is 0 Å². The van der Waals surface area contributed by atoms with E-state index in [2.05, 4.69) is 38.2 Å². The summed E-state index contributed by atoms with van der Waals surface area (Å²) in [7, 11) is 0. The van der Waals surface area contributed by atoms with Gasteiger partial charge in [0.2, 0.25) is 0 Å². The van der Waals surface area contributed by atoms with Crippen molar-refractivity contribution in [3.05, 3.63) is 34.4 Å². The minimum absolute atomic E-state index is 0.134. The fraction of sp³-hybridized carbons (Fsp3) is 0.600. The molecule has 2 unspecified atom stereocenters. The zero-order chi connectivity index (χ0) is 12.4. The maximum Gasteiger partial charge on any atom is 0.0453 e. The molecule has 0 saturated carbocycles. The number of hydrogen-bond acceptors (Lipinski definition) is 2. The minimum Gasteiger partial charge on any atom is -0.323 e. The molecule has 0 bridgehead atoms. The molecule has 17 heavy (non-hydrogen) atoms. The molecule has 3 N–H and O–H groups in total. The number of benzene rings is 1. The molecule has 1 heterocycles. The number of nitrogens with one attached hydrogen (secondary N) is 1. The maximum atomic E-state index is 6.43. The van der Waals surface area contributed by atoms with E-state index in [1.54, 1.807) is 0 Å². The Balaban J connectivity index is 2.24. The molecule has 2 rings (SSSR count). The van der Waals surface area contributed by atoms with Crippen molar-refractivity contribution < 1.29 is 0 Å². The Morgan fingerprint density at radius 1 is 1.18 bits per heavy atom. The van der Waals surface area contributed by atoms with Gasteiger partial charge in [-0.3, -0.25) is 0 Å². The molecule has 0 aliphatic carbocycles. The Morgan fingerprint density at radius 2 is 1.94 bits per heavy atom. The molecule has 0 aromatic heterocycles. The van der Waals surface area contributed by atoms with E-state index in [9.17, 15) is 0 Å². The zero-order valence-electron chi connectivity index (χ0n) is 11.2. The molecule has 2 heteroatoms. The standard InChI is InChI=1S/C15H24N2/c1-10-7-8-13(12(3)11(10)2)15(16)14-6-4-5-9-17-14/h7-8,14-15,17H,4-6,9,16H2,1-3H3. The van der Waals surface area contributed by atoms with Crippen LogP contribution in [0, 0.1) is 20.8 Å². The second-order valence-corrected chi connectivity index (χ2v) is 5.30. The third kappa shape index (κ3) is 2.53. The summed E-state index contributed by atoms with van der Waals surface area (Å²) in [5.74, 6) is 0. The first-order valence-electron chi connectivity index (χ1n) is 6.67. The average molecular weight is 232 g/mol. The van der Waals surface area contributed by atoms with Crippen molar-refractivity contribution in [3.63, 3.8) is 0 Å². The number of aryl methyl sites for hydroxylation is 1. The smallest absolute Gasteiger partial charge is 0.0453 e. The van der Waals surface area contributed by atoms with Crippen molar-refractivity contribution in [1.82, 2.24) is 5.32 Å². The van der Waals surface area contributed by atoms with Crippen molar-refractivity contribution in [2.75, 3.05) is 6.54 Å². The molecule has 0 spiro atoms. The molecule has 94 valence electrons. The Hall–Kier alpha value is -0.860. The van der Waals surface area contributed by atoms with Gasteiger partial charge in [-0.15, -0.1) is 0 Å². The summed E-state index contributed by atoms with van der Waals surface area (Å²) < 4.78 is 0. The van der Waals surface area contributed by atoms with Crippen LogP contribution in [0.5, 0.6) is 0 Å². The lowest BCUT2D eigenvalue weighted by Gasteiger charge is -2.30. The molecule has 1 aromatic rings. The van der Waals surface area contributed by atoms with E-state index in [-0.39, 0.29) is 6.04 Å². The summed E-state index contributed by atoms with van der Waals surface area (Å²) in [4.78, 5) is 0. The first kappa shape index (κ1) is 12.6. The normalized spacial score (nSPS) is 22.5. The fourth-order valence-corrected chi connectivity index (χ4v) is 2.74. The highest BCUT2D eigenvalue weighted by Crippen LogP contribution is 2.26.